The first-order valence-electron chi connectivity index (χ1n) is 11.6. The number of halogens is 1. The summed E-state index contributed by atoms with van der Waals surface area (Å²) in [5.41, 5.74) is 0.829. The van der Waals surface area contributed by atoms with E-state index in [0.717, 1.165) is 51.1 Å². The van der Waals surface area contributed by atoms with Crippen molar-refractivity contribution in [2.45, 2.75) is 58.3 Å². The van der Waals surface area contributed by atoms with E-state index in [0.29, 0.717) is 35.4 Å². The third-order valence-corrected chi connectivity index (χ3v) is 6.67. The van der Waals surface area contributed by atoms with Crippen LogP contribution in [0.15, 0.2) is 24.3 Å². The van der Waals surface area contributed by atoms with E-state index in [9.17, 15) is 4.79 Å². The molecule has 2 aliphatic heterocycles. The zero-order chi connectivity index (χ0) is 22.7. The van der Waals surface area contributed by atoms with Gasteiger partial charge in [0, 0.05) is 43.3 Å². The maximum absolute atomic E-state index is 13.3. The number of tetrazole rings is 1. The Hall–Kier alpha value is -2.03. The predicted octanol–water partition coefficient (Wildman–Crippen LogP) is 3.29. The topological polar surface area (TPSA) is 76.4 Å². The molecule has 0 bridgehead atoms. The highest BCUT2D eigenvalue weighted by atomic mass is 35.5. The minimum absolute atomic E-state index is 0.0830. The number of likely N-dealkylation sites (tertiary alicyclic amines) is 1. The van der Waals surface area contributed by atoms with Gasteiger partial charge in [-0.05, 0) is 68.5 Å². The van der Waals surface area contributed by atoms with E-state index in [4.69, 9.17) is 16.3 Å². The van der Waals surface area contributed by atoms with Gasteiger partial charge >= 0.3 is 0 Å². The first kappa shape index (κ1) is 23.1. The fraction of sp³-hybridized carbons (Fsp3) is 0.652. The van der Waals surface area contributed by atoms with Crippen LogP contribution in [0.3, 0.4) is 0 Å². The van der Waals surface area contributed by atoms with Crippen molar-refractivity contribution in [2.75, 3.05) is 32.7 Å². The van der Waals surface area contributed by atoms with Gasteiger partial charge < -0.3 is 9.64 Å². The minimum Gasteiger partial charge on any atom is -0.373 e. The maximum atomic E-state index is 13.3. The Morgan fingerprint density at radius 1 is 1.16 bits per heavy atom. The van der Waals surface area contributed by atoms with Crippen molar-refractivity contribution in [1.82, 2.24) is 30.0 Å². The Morgan fingerprint density at radius 2 is 1.81 bits per heavy atom. The molecule has 3 heterocycles. The molecule has 174 valence electrons. The number of nitrogens with zero attached hydrogens (tertiary/aromatic N) is 6. The summed E-state index contributed by atoms with van der Waals surface area (Å²) in [6.45, 7) is 10.9. The van der Waals surface area contributed by atoms with Crippen molar-refractivity contribution in [2.24, 2.45) is 5.92 Å². The molecular formula is C23H33ClN6O2. The average molecular weight is 461 g/mol. The van der Waals surface area contributed by atoms with Gasteiger partial charge in [-0.3, -0.25) is 9.69 Å². The van der Waals surface area contributed by atoms with Crippen LogP contribution in [0.25, 0.3) is 11.4 Å². The summed E-state index contributed by atoms with van der Waals surface area (Å²) in [7, 11) is 0. The van der Waals surface area contributed by atoms with E-state index in [2.05, 4.69) is 34.2 Å². The first-order chi connectivity index (χ1) is 15.4. The lowest BCUT2D eigenvalue weighted by molar-refractivity contribution is -0.137. The van der Waals surface area contributed by atoms with Gasteiger partial charge in [-0.25, -0.2) is 0 Å². The van der Waals surface area contributed by atoms with Crippen LogP contribution in [0.5, 0.6) is 0 Å². The molecular weight excluding hydrogens is 428 g/mol. The molecule has 0 radical (unpaired) electrons. The van der Waals surface area contributed by atoms with Gasteiger partial charge in [-0.2, -0.15) is 4.80 Å². The van der Waals surface area contributed by atoms with E-state index in [1.54, 1.807) is 12.1 Å². The molecule has 1 aromatic heterocycles. The molecule has 2 saturated heterocycles. The summed E-state index contributed by atoms with van der Waals surface area (Å²) in [5, 5.41) is 13.5. The van der Waals surface area contributed by atoms with Crippen LogP contribution in [0.1, 0.15) is 46.1 Å². The largest absolute Gasteiger partial charge is 0.373 e. The zero-order valence-electron chi connectivity index (χ0n) is 19.2. The Morgan fingerprint density at radius 3 is 2.44 bits per heavy atom. The highest BCUT2D eigenvalue weighted by Gasteiger charge is 2.31. The Kier molecular flexibility index (Phi) is 7.43. The quantitative estimate of drug-likeness (QED) is 0.658. The molecule has 1 aromatic carbocycles. The number of carbonyl (C=O) groups is 1. The van der Waals surface area contributed by atoms with Crippen molar-refractivity contribution in [3.05, 3.63) is 29.3 Å². The highest BCUT2D eigenvalue weighted by molar-refractivity contribution is 6.30. The van der Waals surface area contributed by atoms with Crippen LogP contribution < -0.4 is 0 Å². The molecule has 0 aliphatic carbocycles. The second-order valence-corrected chi connectivity index (χ2v) is 9.55. The van der Waals surface area contributed by atoms with Gasteiger partial charge in [0.15, 0.2) is 6.04 Å². The third-order valence-electron chi connectivity index (χ3n) is 6.42. The number of morpholine rings is 1. The van der Waals surface area contributed by atoms with Crippen molar-refractivity contribution >= 4 is 17.5 Å². The second-order valence-electron chi connectivity index (χ2n) is 9.11. The Balaban J connectivity index is 1.33. The molecule has 2 aliphatic rings. The van der Waals surface area contributed by atoms with Crippen molar-refractivity contribution in [1.29, 1.82) is 0 Å². The number of aromatic nitrogens is 4. The summed E-state index contributed by atoms with van der Waals surface area (Å²) in [6, 6.07) is 6.87. The van der Waals surface area contributed by atoms with Crippen molar-refractivity contribution < 1.29 is 9.53 Å². The fourth-order valence-electron chi connectivity index (χ4n) is 4.85. The molecule has 0 saturated carbocycles. The van der Waals surface area contributed by atoms with Gasteiger partial charge in [0.2, 0.25) is 11.7 Å². The van der Waals surface area contributed by atoms with Crippen LogP contribution in [0, 0.1) is 5.92 Å². The highest BCUT2D eigenvalue weighted by Crippen LogP contribution is 2.24. The number of carbonyl (C=O) groups excluding carboxylic acids is 1. The summed E-state index contributed by atoms with van der Waals surface area (Å²) < 4.78 is 5.85. The molecule has 1 amide bonds. The molecule has 3 atom stereocenters. The monoisotopic (exact) mass is 460 g/mol. The average Bonchev–Trinajstić information content (AvgIpc) is 3.24. The lowest BCUT2D eigenvalue weighted by Gasteiger charge is -2.39. The molecule has 0 spiro atoms. The Labute approximate surface area is 194 Å². The van der Waals surface area contributed by atoms with Gasteiger partial charge in [0.25, 0.3) is 0 Å². The molecule has 0 N–H and O–H groups in total. The van der Waals surface area contributed by atoms with E-state index in [-0.39, 0.29) is 5.91 Å². The number of ether oxygens (including phenoxy) is 1. The Bertz CT molecular complexity index is 886. The van der Waals surface area contributed by atoms with E-state index < -0.39 is 6.04 Å². The molecule has 8 nitrogen and oxygen atoms in total. The van der Waals surface area contributed by atoms with E-state index >= 15 is 0 Å². The van der Waals surface area contributed by atoms with Crippen LogP contribution in [-0.2, 0) is 9.53 Å². The number of hydrogen-bond donors (Lipinski definition) is 0. The number of piperidine rings is 1. The fourth-order valence-corrected chi connectivity index (χ4v) is 4.98. The van der Waals surface area contributed by atoms with Crippen molar-refractivity contribution in [3.63, 3.8) is 0 Å². The number of amides is 1. The molecule has 32 heavy (non-hydrogen) atoms. The lowest BCUT2D eigenvalue weighted by atomic mass is 9.95. The van der Waals surface area contributed by atoms with Crippen LogP contribution in [0.2, 0.25) is 5.02 Å². The van der Waals surface area contributed by atoms with Crippen LogP contribution >= 0.6 is 11.6 Å². The summed E-state index contributed by atoms with van der Waals surface area (Å²) in [6.07, 6.45) is 3.27. The summed E-state index contributed by atoms with van der Waals surface area (Å²) >= 11 is 5.96. The predicted molar refractivity (Wildman–Crippen MR) is 123 cm³/mol. The zero-order valence-corrected chi connectivity index (χ0v) is 19.9. The molecule has 4 rings (SSSR count). The maximum Gasteiger partial charge on any atom is 0.249 e. The van der Waals surface area contributed by atoms with E-state index in [1.807, 2.05) is 24.0 Å². The first-order valence-corrected chi connectivity index (χ1v) is 12.0. The van der Waals surface area contributed by atoms with Gasteiger partial charge in [-0.1, -0.05) is 18.5 Å². The van der Waals surface area contributed by atoms with Crippen LogP contribution in [-0.4, -0.2) is 80.8 Å². The standard InChI is InChI=1S/C23H33ClN6O2/c1-4-21(30-26-22(25-27-30)19-5-7-20(24)8-6-19)23(31)29-11-9-18(10-12-29)15-28-13-16(2)32-17(3)14-28/h5-8,16-18,21H,4,9-15H2,1-3H3. The molecule has 2 aromatic rings. The number of rotatable bonds is 6. The van der Waals surface area contributed by atoms with Crippen molar-refractivity contribution in [3.8, 4) is 11.4 Å². The molecule has 2 fully saturated rings. The summed E-state index contributed by atoms with van der Waals surface area (Å²) in [5.74, 6) is 1.21. The summed E-state index contributed by atoms with van der Waals surface area (Å²) in [4.78, 5) is 19.2. The number of benzene rings is 1. The van der Waals surface area contributed by atoms with Gasteiger partial charge in [-0.15, -0.1) is 10.2 Å². The molecule has 3 unspecified atom stereocenters. The van der Waals surface area contributed by atoms with E-state index in [1.165, 1.54) is 4.80 Å². The normalized spacial score (nSPS) is 23.9. The van der Waals surface area contributed by atoms with Gasteiger partial charge in [0.1, 0.15) is 0 Å². The third kappa shape index (κ3) is 5.47. The SMILES string of the molecule is CCC(C(=O)N1CCC(CN2CC(C)OC(C)C2)CC1)n1nnc(-c2ccc(Cl)cc2)n1. The smallest absolute Gasteiger partial charge is 0.249 e. The lowest BCUT2D eigenvalue weighted by Crippen LogP contribution is -2.49. The van der Waals surface area contributed by atoms with Gasteiger partial charge in [0.05, 0.1) is 12.2 Å². The second kappa shape index (κ2) is 10.3. The number of hydrogen-bond acceptors (Lipinski definition) is 6. The molecule has 9 heteroatoms. The van der Waals surface area contributed by atoms with Crippen LogP contribution in [0.4, 0.5) is 0 Å². The minimum atomic E-state index is -0.430.